The molecule has 8 heteroatoms. The van der Waals surface area contributed by atoms with Gasteiger partial charge in [0.15, 0.2) is 23.0 Å². The molecule has 2 aromatic carbocycles. The molecule has 0 unspecified atom stereocenters. The van der Waals surface area contributed by atoms with Crippen molar-refractivity contribution in [2.45, 2.75) is 0 Å². The van der Waals surface area contributed by atoms with Crippen LogP contribution in [-0.2, 0) is 9.59 Å². The van der Waals surface area contributed by atoms with Crippen molar-refractivity contribution in [2.24, 2.45) is 0 Å². The van der Waals surface area contributed by atoms with E-state index in [1.807, 2.05) is 12.1 Å². The van der Waals surface area contributed by atoms with Gasteiger partial charge in [0.05, 0.1) is 11.4 Å². The molecule has 0 spiro atoms. The monoisotopic (exact) mass is 380 g/mol. The van der Waals surface area contributed by atoms with Crippen molar-refractivity contribution < 1.29 is 28.5 Å². The van der Waals surface area contributed by atoms with Gasteiger partial charge in [0, 0.05) is 0 Å². The van der Waals surface area contributed by atoms with Crippen molar-refractivity contribution in [3.05, 3.63) is 58.9 Å². The first-order chi connectivity index (χ1) is 13.8. The summed E-state index contributed by atoms with van der Waals surface area (Å²) in [6.45, 7) is 0.341. The number of rotatable bonds is 7. The first-order valence-electron chi connectivity index (χ1n) is 8.40. The number of carbonyl (C=O) groups excluding carboxylic acids is 2. The zero-order chi connectivity index (χ0) is 19.3. The maximum atomic E-state index is 11.1. The van der Waals surface area contributed by atoms with E-state index >= 15 is 0 Å². The zero-order valence-corrected chi connectivity index (χ0v) is 14.6. The average Bonchev–Trinajstić information content (AvgIpc) is 3.35. The molecule has 8 nitrogen and oxygen atoms in total. The Hall–Kier alpha value is -3.94. The van der Waals surface area contributed by atoms with Crippen LogP contribution in [0.5, 0.6) is 23.0 Å². The van der Waals surface area contributed by atoms with E-state index in [9.17, 15) is 9.59 Å². The molecule has 4 rings (SSSR count). The Morgan fingerprint density at radius 1 is 0.679 bits per heavy atom. The van der Waals surface area contributed by atoms with Gasteiger partial charge < -0.3 is 29.6 Å². The highest BCUT2D eigenvalue weighted by atomic mass is 16.7. The lowest BCUT2D eigenvalue weighted by Crippen LogP contribution is -2.21. The van der Waals surface area contributed by atoms with Crippen molar-refractivity contribution in [1.82, 2.24) is 10.6 Å². The molecule has 0 saturated heterocycles. The summed E-state index contributed by atoms with van der Waals surface area (Å²) < 4.78 is 21.3. The Bertz CT molecular complexity index is 903. The lowest BCUT2D eigenvalue weighted by molar-refractivity contribution is -0.110. The highest BCUT2D eigenvalue weighted by Crippen LogP contribution is 2.34. The molecule has 2 aromatic rings. The van der Waals surface area contributed by atoms with Crippen LogP contribution in [0.15, 0.2) is 47.8 Å². The first-order valence-corrected chi connectivity index (χ1v) is 8.40. The quantitative estimate of drug-likeness (QED) is 0.564. The summed E-state index contributed by atoms with van der Waals surface area (Å²) in [7, 11) is 0. The molecule has 0 bridgehead atoms. The average molecular weight is 380 g/mol. The second kappa shape index (κ2) is 7.75. The van der Waals surface area contributed by atoms with Crippen molar-refractivity contribution >= 4 is 25.0 Å². The summed E-state index contributed by atoms with van der Waals surface area (Å²) >= 11 is 0. The van der Waals surface area contributed by atoms with Crippen LogP contribution in [0, 0.1) is 0 Å². The Morgan fingerprint density at radius 2 is 1.11 bits per heavy atom. The normalized spacial score (nSPS) is 14.6. The number of nitrogens with one attached hydrogen (secondary N) is 2. The third-order valence-electron chi connectivity index (χ3n) is 4.13. The largest absolute Gasteiger partial charge is 0.454 e. The van der Waals surface area contributed by atoms with Crippen LogP contribution in [-0.4, -0.2) is 26.4 Å². The van der Waals surface area contributed by atoms with Crippen LogP contribution in [0.4, 0.5) is 0 Å². The number of ether oxygens (including phenoxy) is 4. The molecule has 28 heavy (non-hydrogen) atoms. The SMILES string of the molecule is O=CNC(=Cc1ccc2c(c1)OCO2)/C(=C\c1ccc2c(c1)OCO2)NC=O. The Labute approximate surface area is 160 Å². The van der Waals surface area contributed by atoms with Crippen LogP contribution in [0.2, 0.25) is 0 Å². The van der Waals surface area contributed by atoms with E-state index in [0.717, 1.165) is 11.1 Å². The predicted molar refractivity (Wildman–Crippen MR) is 99.5 cm³/mol. The van der Waals surface area contributed by atoms with E-state index in [-0.39, 0.29) is 13.6 Å². The van der Waals surface area contributed by atoms with Gasteiger partial charge in [0.25, 0.3) is 0 Å². The third-order valence-corrected chi connectivity index (χ3v) is 4.13. The Morgan fingerprint density at radius 3 is 1.54 bits per heavy atom. The molecule has 0 saturated carbocycles. The van der Waals surface area contributed by atoms with Gasteiger partial charge >= 0.3 is 0 Å². The van der Waals surface area contributed by atoms with Crippen molar-refractivity contribution in [3.8, 4) is 23.0 Å². The second-order valence-corrected chi connectivity index (χ2v) is 5.87. The lowest BCUT2D eigenvalue weighted by atomic mass is 10.1. The predicted octanol–water partition coefficient (Wildman–Crippen LogP) is 2.02. The van der Waals surface area contributed by atoms with Gasteiger partial charge in [-0.15, -0.1) is 0 Å². The fraction of sp³-hybridized carbons (Fsp3) is 0.100. The summed E-state index contributed by atoms with van der Waals surface area (Å²) in [5, 5.41) is 5.24. The van der Waals surface area contributed by atoms with Crippen LogP contribution in [0.1, 0.15) is 11.1 Å². The van der Waals surface area contributed by atoms with Gasteiger partial charge in [-0.3, -0.25) is 9.59 Å². The van der Waals surface area contributed by atoms with E-state index in [2.05, 4.69) is 10.6 Å². The summed E-state index contributed by atoms with van der Waals surface area (Å²) in [5.41, 5.74) is 2.33. The number of amides is 2. The molecule has 2 heterocycles. The minimum absolute atomic E-state index is 0.171. The number of hydrogen-bond acceptors (Lipinski definition) is 6. The Balaban J connectivity index is 1.70. The molecule has 0 aliphatic carbocycles. The molecule has 0 radical (unpaired) electrons. The number of benzene rings is 2. The molecule has 0 fully saturated rings. The van der Waals surface area contributed by atoms with Crippen LogP contribution in [0.3, 0.4) is 0 Å². The minimum atomic E-state index is 0.171. The minimum Gasteiger partial charge on any atom is -0.454 e. The summed E-state index contributed by atoms with van der Waals surface area (Å²) in [5.74, 6) is 2.54. The van der Waals surface area contributed by atoms with Gasteiger partial charge in [-0.05, 0) is 47.5 Å². The van der Waals surface area contributed by atoms with Crippen molar-refractivity contribution in [3.63, 3.8) is 0 Å². The molecule has 0 atom stereocenters. The van der Waals surface area contributed by atoms with E-state index < -0.39 is 0 Å². The number of fused-ring (bicyclic) bond motifs is 2. The first kappa shape index (κ1) is 17.5. The van der Waals surface area contributed by atoms with E-state index in [1.54, 1.807) is 36.4 Å². The van der Waals surface area contributed by atoms with Gasteiger partial charge in [-0.2, -0.15) is 0 Å². The fourth-order valence-electron chi connectivity index (χ4n) is 2.86. The van der Waals surface area contributed by atoms with E-state index in [1.165, 1.54) is 0 Å². The highest BCUT2D eigenvalue weighted by molar-refractivity contribution is 5.73. The molecule has 2 amide bonds. The summed E-state index contributed by atoms with van der Waals surface area (Å²) in [6.07, 6.45) is 4.51. The topological polar surface area (TPSA) is 95.1 Å². The molecule has 2 aliphatic heterocycles. The number of hydrogen-bond donors (Lipinski definition) is 2. The molecular formula is C20H16N2O6. The van der Waals surface area contributed by atoms with E-state index in [4.69, 9.17) is 18.9 Å². The maximum Gasteiger partial charge on any atom is 0.231 e. The second-order valence-electron chi connectivity index (χ2n) is 5.87. The standard InChI is InChI=1S/C20H16N2O6/c23-9-21-15(5-13-1-3-17-19(7-13)27-11-25-17)16(22-10-24)6-14-2-4-18-20(8-14)28-12-26-18/h1-10H,11-12H2,(H,21,23)(H,22,24)/b15-5+,16-6?. The molecule has 0 aromatic heterocycles. The highest BCUT2D eigenvalue weighted by Gasteiger charge is 2.15. The summed E-state index contributed by atoms with van der Waals surface area (Å²) in [6, 6.07) is 10.8. The van der Waals surface area contributed by atoms with Crippen LogP contribution >= 0.6 is 0 Å². The smallest absolute Gasteiger partial charge is 0.231 e. The number of carbonyl (C=O) groups is 2. The van der Waals surface area contributed by atoms with Gasteiger partial charge in [-0.25, -0.2) is 0 Å². The van der Waals surface area contributed by atoms with Crippen LogP contribution in [0.25, 0.3) is 12.2 Å². The molecule has 2 N–H and O–H groups in total. The van der Waals surface area contributed by atoms with Crippen molar-refractivity contribution in [1.29, 1.82) is 0 Å². The summed E-state index contributed by atoms with van der Waals surface area (Å²) in [4.78, 5) is 22.3. The van der Waals surface area contributed by atoms with Crippen LogP contribution < -0.4 is 29.6 Å². The maximum absolute atomic E-state index is 11.1. The lowest BCUT2D eigenvalue weighted by Gasteiger charge is -2.11. The van der Waals surface area contributed by atoms with E-state index in [0.29, 0.717) is 47.2 Å². The van der Waals surface area contributed by atoms with Gasteiger partial charge in [0.1, 0.15) is 0 Å². The van der Waals surface area contributed by atoms with Gasteiger partial charge in [0.2, 0.25) is 26.4 Å². The zero-order valence-electron chi connectivity index (χ0n) is 14.6. The van der Waals surface area contributed by atoms with Crippen molar-refractivity contribution in [2.75, 3.05) is 13.6 Å². The molecule has 142 valence electrons. The fourth-order valence-corrected chi connectivity index (χ4v) is 2.86. The Kier molecular flexibility index (Phi) is 4.83. The molecule has 2 aliphatic rings. The third kappa shape index (κ3) is 3.61. The molecular weight excluding hydrogens is 364 g/mol. The van der Waals surface area contributed by atoms with Gasteiger partial charge in [-0.1, -0.05) is 12.1 Å².